The normalized spacial score (nSPS) is 25.6. The van der Waals surface area contributed by atoms with Crippen LogP contribution >= 0.6 is 0 Å². The number of benzene rings is 1. The van der Waals surface area contributed by atoms with Crippen molar-refractivity contribution < 1.29 is 13.9 Å². The van der Waals surface area contributed by atoms with Gasteiger partial charge in [0, 0.05) is 24.6 Å². The lowest BCUT2D eigenvalue weighted by Crippen LogP contribution is -2.65. The minimum atomic E-state index is -0.263. The van der Waals surface area contributed by atoms with Gasteiger partial charge >= 0.3 is 0 Å². The zero-order valence-corrected chi connectivity index (χ0v) is 15.2. The van der Waals surface area contributed by atoms with Gasteiger partial charge in [0.25, 0.3) is 0 Å². The third-order valence-electron chi connectivity index (χ3n) is 5.91. The third kappa shape index (κ3) is 3.87. The van der Waals surface area contributed by atoms with Crippen LogP contribution in [-0.2, 0) is 16.1 Å². The Morgan fingerprint density at radius 1 is 1.32 bits per heavy atom. The van der Waals surface area contributed by atoms with Gasteiger partial charge in [-0.2, -0.15) is 0 Å². The van der Waals surface area contributed by atoms with Crippen molar-refractivity contribution in [3.63, 3.8) is 0 Å². The van der Waals surface area contributed by atoms with Gasteiger partial charge < -0.3 is 15.4 Å². The van der Waals surface area contributed by atoms with Crippen LogP contribution in [0.1, 0.15) is 51.5 Å². The Balaban J connectivity index is 1.50. The number of amides is 1. The van der Waals surface area contributed by atoms with E-state index < -0.39 is 0 Å². The summed E-state index contributed by atoms with van der Waals surface area (Å²) >= 11 is 0. The molecule has 3 atom stereocenters. The first-order chi connectivity index (χ1) is 12.0. The summed E-state index contributed by atoms with van der Waals surface area (Å²) in [5, 5.41) is 6.46. The fourth-order valence-electron chi connectivity index (χ4n) is 4.44. The Labute approximate surface area is 149 Å². The number of ether oxygens (including phenoxy) is 1. The number of halogens is 1. The van der Waals surface area contributed by atoms with Crippen LogP contribution in [0.5, 0.6) is 0 Å². The first-order valence-electron chi connectivity index (χ1n) is 9.45. The number of hydrogen-bond donors (Lipinski definition) is 2. The summed E-state index contributed by atoms with van der Waals surface area (Å²) in [6.45, 7) is 5.14. The van der Waals surface area contributed by atoms with Crippen molar-refractivity contribution in [2.45, 2.75) is 70.7 Å². The Morgan fingerprint density at radius 2 is 2.00 bits per heavy atom. The molecule has 3 unspecified atom stereocenters. The van der Waals surface area contributed by atoms with Crippen molar-refractivity contribution in [1.29, 1.82) is 0 Å². The Bertz CT molecular complexity index is 584. The predicted molar refractivity (Wildman–Crippen MR) is 95.6 cm³/mol. The molecule has 1 aromatic rings. The van der Waals surface area contributed by atoms with Crippen LogP contribution in [-0.4, -0.2) is 30.7 Å². The van der Waals surface area contributed by atoms with E-state index in [9.17, 15) is 9.18 Å². The van der Waals surface area contributed by atoms with Crippen LogP contribution in [0.15, 0.2) is 24.3 Å². The van der Waals surface area contributed by atoms with E-state index in [0.717, 1.165) is 18.6 Å². The molecule has 1 amide bonds. The lowest BCUT2D eigenvalue weighted by atomic mass is 9.60. The highest BCUT2D eigenvalue weighted by Gasteiger charge is 2.56. The number of carbonyl (C=O) groups excluding carboxylic acids is 1. The molecule has 0 aromatic heterocycles. The van der Waals surface area contributed by atoms with Crippen LogP contribution in [0.3, 0.4) is 0 Å². The average molecular weight is 348 g/mol. The second kappa shape index (κ2) is 7.83. The quantitative estimate of drug-likeness (QED) is 0.796. The highest BCUT2D eigenvalue weighted by Crippen LogP contribution is 2.54. The SMILES string of the molecule is CCOC1CC(NC(C)C(=O)NCc2ccc(F)cc2)C12CCCC2. The van der Waals surface area contributed by atoms with Crippen LogP contribution in [0.2, 0.25) is 0 Å². The van der Waals surface area contributed by atoms with Crippen molar-refractivity contribution in [3.05, 3.63) is 35.6 Å². The summed E-state index contributed by atoms with van der Waals surface area (Å²) < 4.78 is 18.9. The summed E-state index contributed by atoms with van der Waals surface area (Å²) in [5.74, 6) is -0.279. The third-order valence-corrected chi connectivity index (χ3v) is 5.91. The monoisotopic (exact) mass is 348 g/mol. The molecule has 138 valence electrons. The van der Waals surface area contributed by atoms with Crippen LogP contribution in [0.25, 0.3) is 0 Å². The van der Waals surface area contributed by atoms with Crippen molar-refractivity contribution >= 4 is 5.91 Å². The molecule has 0 aliphatic heterocycles. The minimum absolute atomic E-state index is 0.0164. The molecule has 25 heavy (non-hydrogen) atoms. The summed E-state index contributed by atoms with van der Waals surface area (Å²) in [4.78, 5) is 12.4. The highest BCUT2D eigenvalue weighted by atomic mass is 19.1. The van der Waals surface area contributed by atoms with Crippen molar-refractivity contribution in [3.8, 4) is 0 Å². The molecule has 2 aliphatic carbocycles. The maximum Gasteiger partial charge on any atom is 0.237 e. The molecule has 0 bridgehead atoms. The second-order valence-corrected chi connectivity index (χ2v) is 7.41. The fourth-order valence-corrected chi connectivity index (χ4v) is 4.44. The highest BCUT2D eigenvalue weighted by molar-refractivity contribution is 5.81. The molecule has 2 fully saturated rings. The molecule has 0 radical (unpaired) electrons. The van der Waals surface area contributed by atoms with Crippen LogP contribution < -0.4 is 10.6 Å². The number of nitrogens with one attached hydrogen (secondary N) is 2. The van der Waals surface area contributed by atoms with Gasteiger partial charge in [-0.3, -0.25) is 4.79 Å². The topological polar surface area (TPSA) is 50.4 Å². The summed E-state index contributed by atoms with van der Waals surface area (Å²) in [6, 6.07) is 6.33. The molecule has 2 saturated carbocycles. The molecule has 0 heterocycles. The van der Waals surface area contributed by atoms with E-state index in [1.54, 1.807) is 12.1 Å². The fraction of sp³-hybridized carbons (Fsp3) is 0.650. The zero-order valence-electron chi connectivity index (χ0n) is 15.2. The van der Waals surface area contributed by atoms with E-state index in [2.05, 4.69) is 17.6 Å². The van der Waals surface area contributed by atoms with Gasteiger partial charge in [-0.25, -0.2) is 4.39 Å². The predicted octanol–water partition coefficient (Wildman–Crippen LogP) is 3.16. The van der Waals surface area contributed by atoms with Crippen LogP contribution in [0.4, 0.5) is 4.39 Å². The molecule has 1 spiro atoms. The molecule has 2 aliphatic rings. The average Bonchev–Trinajstić information content (AvgIpc) is 3.13. The van der Waals surface area contributed by atoms with Crippen molar-refractivity contribution in [2.75, 3.05) is 6.61 Å². The van der Waals surface area contributed by atoms with E-state index in [-0.39, 0.29) is 23.2 Å². The number of carbonyl (C=O) groups is 1. The largest absolute Gasteiger partial charge is 0.378 e. The molecule has 5 heteroatoms. The summed E-state index contributed by atoms with van der Waals surface area (Å²) in [7, 11) is 0. The Kier molecular flexibility index (Phi) is 5.74. The van der Waals surface area contributed by atoms with Gasteiger partial charge in [0.1, 0.15) is 5.82 Å². The van der Waals surface area contributed by atoms with E-state index in [1.165, 1.54) is 37.8 Å². The van der Waals surface area contributed by atoms with Gasteiger partial charge in [0.2, 0.25) is 5.91 Å². The molecule has 4 nitrogen and oxygen atoms in total. The smallest absolute Gasteiger partial charge is 0.237 e. The van der Waals surface area contributed by atoms with Crippen molar-refractivity contribution in [1.82, 2.24) is 10.6 Å². The molecule has 2 N–H and O–H groups in total. The second-order valence-electron chi connectivity index (χ2n) is 7.41. The Morgan fingerprint density at radius 3 is 2.64 bits per heavy atom. The first kappa shape index (κ1) is 18.3. The van der Waals surface area contributed by atoms with Crippen molar-refractivity contribution in [2.24, 2.45) is 5.41 Å². The zero-order chi connectivity index (χ0) is 17.9. The van der Waals surface area contributed by atoms with E-state index >= 15 is 0 Å². The first-order valence-corrected chi connectivity index (χ1v) is 9.45. The number of rotatable bonds is 7. The maximum absolute atomic E-state index is 12.9. The van der Waals surface area contributed by atoms with E-state index in [0.29, 0.717) is 18.7 Å². The summed E-state index contributed by atoms with van der Waals surface area (Å²) in [5.41, 5.74) is 1.12. The lowest BCUT2D eigenvalue weighted by Gasteiger charge is -2.55. The van der Waals surface area contributed by atoms with Gasteiger partial charge in [-0.05, 0) is 50.8 Å². The van der Waals surface area contributed by atoms with Gasteiger partial charge in [-0.15, -0.1) is 0 Å². The summed E-state index contributed by atoms with van der Waals surface area (Å²) in [6.07, 6.45) is 6.23. The molecular weight excluding hydrogens is 319 g/mol. The van der Waals surface area contributed by atoms with Gasteiger partial charge in [0.05, 0.1) is 12.1 Å². The van der Waals surface area contributed by atoms with Gasteiger partial charge in [0.15, 0.2) is 0 Å². The maximum atomic E-state index is 12.9. The standard InChI is InChI=1S/C20H29FN2O2/c1-3-25-18-12-17(20(18)10-4-5-11-20)23-14(2)19(24)22-13-15-6-8-16(21)9-7-15/h6-9,14,17-18,23H,3-5,10-13H2,1-2H3,(H,22,24). The molecule has 0 saturated heterocycles. The minimum Gasteiger partial charge on any atom is -0.378 e. The van der Waals surface area contributed by atoms with Gasteiger partial charge in [-0.1, -0.05) is 25.0 Å². The molecule has 3 rings (SSSR count). The molecular formula is C20H29FN2O2. The van der Waals surface area contributed by atoms with E-state index in [4.69, 9.17) is 4.74 Å². The lowest BCUT2D eigenvalue weighted by molar-refractivity contribution is -0.138. The Hall–Kier alpha value is -1.46. The van der Waals surface area contributed by atoms with Crippen LogP contribution in [0, 0.1) is 11.2 Å². The molecule has 1 aromatic carbocycles. The number of hydrogen-bond acceptors (Lipinski definition) is 3. The van der Waals surface area contributed by atoms with E-state index in [1.807, 2.05) is 6.92 Å².